The lowest BCUT2D eigenvalue weighted by Crippen LogP contribution is -2.46. The Balaban J connectivity index is 1.90. The summed E-state index contributed by atoms with van der Waals surface area (Å²) in [5, 5.41) is 9.36. The summed E-state index contributed by atoms with van der Waals surface area (Å²) in [4.78, 5) is 25.5. The molecule has 2 heterocycles. The minimum atomic E-state index is -0.897. The summed E-state index contributed by atoms with van der Waals surface area (Å²) in [7, 11) is 0. The molecular formula is C14H17NO4. The fourth-order valence-corrected chi connectivity index (χ4v) is 3.51. The second-order valence-electron chi connectivity index (χ2n) is 5.43. The molecule has 0 spiro atoms. The van der Waals surface area contributed by atoms with Gasteiger partial charge in [0.15, 0.2) is 0 Å². The smallest absolute Gasteiger partial charge is 0.326 e. The van der Waals surface area contributed by atoms with Crippen LogP contribution in [-0.2, 0) is 4.79 Å². The third-order valence-corrected chi connectivity index (χ3v) is 4.38. The maximum Gasteiger partial charge on any atom is 0.326 e. The van der Waals surface area contributed by atoms with Crippen molar-refractivity contribution >= 4 is 11.9 Å². The van der Waals surface area contributed by atoms with Crippen LogP contribution >= 0.6 is 0 Å². The predicted octanol–water partition coefficient (Wildman–Crippen LogP) is 2.14. The monoisotopic (exact) mass is 263 g/mol. The van der Waals surface area contributed by atoms with Crippen LogP contribution in [0.1, 0.15) is 42.5 Å². The van der Waals surface area contributed by atoms with Crippen molar-refractivity contribution in [3.05, 3.63) is 24.2 Å². The van der Waals surface area contributed by atoms with Gasteiger partial charge in [-0.05, 0) is 31.2 Å². The quantitative estimate of drug-likeness (QED) is 0.887. The molecule has 2 fully saturated rings. The van der Waals surface area contributed by atoms with E-state index in [4.69, 9.17) is 4.42 Å². The van der Waals surface area contributed by atoms with Crippen LogP contribution in [-0.4, -0.2) is 34.0 Å². The van der Waals surface area contributed by atoms with Crippen molar-refractivity contribution in [2.75, 3.05) is 0 Å². The second kappa shape index (κ2) is 4.72. The van der Waals surface area contributed by atoms with Crippen LogP contribution < -0.4 is 0 Å². The Kier molecular flexibility index (Phi) is 3.05. The zero-order valence-corrected chi connectivity index (χ0v) is 10.6. The van der Waals surface area contributed by atoms with E-state index in [0.29, 0.717) is 17.9 Å². The molecule has 1 saturated heterocycles. The highest BCUT2D eigenvalue weighted by atomic mass is 16.4. The average Bonchev–Trinajstić information content (AvgIpc) is 3.05. The Bertz CT molecular complexity index is 482. The Hall–Kier alpha value is -1.78. The van der Waals surface area contributed by atoms with Gasteiger partial charge in [0.1, 0.15) is 12.3 Å². The van der Waals surface area contributed by atoms with Crippen molar-refractivity contribution in [3.8, 4) is 0 Å². The van der Waals surface area contributed by atoms with Gasteiger partial charge in [-0.1, -0.05) is 12.8 Å². The fraction of sp³-hybridized carbons (Fsp3) is 0.571. The Labute approximate surface area is 111 Å². The highest BCUT2D eigenvalue weighted by Gasteiger charge is 2.47. The summed E-state index contributed by atoms with van der Waals surface area (Å²) >= 11 is 0. The van der Waals surface area contributed by atoms with Crippen molar-refractivity contribution in [2.24, 2.45) is 5.92 Å². The van der Waals surface area contributed by atoms with E-state index in [0.717, 1.165) is 25.7 Å². The zero-order valence-electron chi connectivity index (χ0n) is 10.6. The first kappa shape index (κ1) is 12.3. The van der Waals surface area contributed by atoms with E-state index in [1.807, 2.05) is 0 Å². The van der Waals surface area contributed by atoms with Gasteiger partial charge in [0.05, 0.1) is 11.8 Å². The predicted molar refractivity (Wildman–Crippen MR) is 66.7 cm³/mol. The third kappa shape index (κ3) is 2.03. The number of hydrogen-bond acceptors (Lipinski definition) is 3. The number of aliphatic carboxylic acids is 1. The molecule has 0 aromatic carbocycles. The number of carbonyl (C=O) groups excluding carboxylic acids is 1. The number of fused-ring (bicyclic) bond motifs is 1. The van der Waals surface area contributed by atoms with Gasteiger partial charge in [0.25, 0.3) is 5.91 Å². The molecule has 0 bridgehead atoms. The molecule has 3 atom stereocenters. The molecule has 2 aliphatic rings. The molecule has 1 amide bonds. The molecule has 1 aliphatic carbocycles. The first-order valence-electron chi connectivity index (χ1n) is 6.76. The van der Waals surface area contributed by atoms with Crippen molar-refractivity contribution < 1.29 is 19.1 Å². The van der Waals surface area contributed by atoms with Gasteiger partial charge in [0.2, 0.25) is 0 Å². The molecule has 5 heteroatoms. The standard InChI is InChI=1S/C14H17NO4/c16-13(10-5-6-19-8-10)15-11-4-2-1-3-9(11)7-12(15)14(17)18/h5-6,8-9,11-12H,1-4,7H2,(H,17,18)/t9-,11-,12+/m1/s1. The van der Waals surface area contributed by atoms with Gasteiger partial charge in [0, 0.05) is 6.04 Å². The molecule has 0 radical (unpaired) electrons. The average molecular weight is 263 g/mol. The van der Waals surface area contributed by atoms with Gasteiger partial charge >= 0.3 is 5.97 Å². The summed E-state index contributed by atoms with van der Waals surface area (Å²) in [5.74, 6) is -0.771. The van der Waals surface area contributed by atoms with Crippen LogP contribution in [0, 0.1) is 5.92 Å². The van der Waals surface area contributed by atoms with Gasteiger partial charge in [-0.2, -0.15) is 0 Å². The highest BCUT2D eigenvalue weighted by Crippen LogP contribution is 2.40. The summed E-state index contributed by atoms with van der Waals surface area (Å²) < 4.78 is 4.93. The van der Waals surface area contributed by atoms with Crippen LogP contribution in [0.2, 0.25) is 0 Å². The minimum absolute atomic E-state index is 0.0808. The SMILES string of the molecule is O=C(O)[C@@H]1C[C@H]2CCCC[C@H]2N1C(=O)c1ccoc1. The van der Waals surface area contributed by atoms with Crippen LogP contribution in [0.25, 0.3) is 0 Å². The minimum Gasteiger partial charge on any atom is -0.480 e. The number of likely N-dealkylation sites (tertiary alicyclic amines) is 1. The number of carbonyl (C=O) groups is 2. The first-order valence-corrected chi connectivity index (χ1v) is 6.76. The summed E-state index contributed by atoms with van der Waals surface area (Å²) in [5.41, 5.74) is 0.442. The van der Waals surface area contributed by atoms with Crippen molar-refractivity contribution in [3.63, 3.8) is 0 Å². The lowest BCUT2D eigenvalue weighted by molar-refractivity contribution is -0.141. The largest absolute Gasteiger partial charge is 0.480 e. The Morgan fingerprint density at radius 3 is 2.79 bits per heavy atom. The Morgan fingerprint density at radius 1 is 1.32 bits per heavy atom. The van der Waals surface area contributed by atoms with Gasteiger partial charge < -0.3 is 14.4 Å². The van der Waals surface area contributed by atoms with E-state index < -0.39 is 12.0 Å². The van der Waals surface area contributed by atoms with Crippen LogP contribution in [0.3, 0.4) is 0 Å². The lowest BCUT2D eigenvalue weighted by atomic mass is 9.84. The molecule has 0 unspecified atom stereocenters. The summed E-state index contributed by atoms with van der Waals surface area (Å²) in [6, 6.07) is 0.991. The topological polar surface area (TPSA) is 70.8 Å². The normalized spacial score (nSPS) is 30.1. The van der Waals surface area contributed by atoms with E-state index in [1.54, 1.807) is 11.0 Å². The molecule has 1 saturated carbocycles. The van der Waals surface area contributed by atoms with Crippen LogP contribution in [0.4, 0.5) is 0 Å². The van der Waals surface area contributed by atoms with E-state index in [-0.39, 0.29) is 11.9 Å². The second-order valence-corrected chi connectivity index (χ2v) is 5.43. The number of nitrogens with zero attached hydrogens (tertiary/aromatic N) is 1. The molecule has 1 N–H and O–H groups in total. The maximum absolute atomic E-state index is 12.5. The number of rotatable bonds is 2. The first-order chi connectivity index (χ1) is 9.18. The molecule has 3 rings (SSSR count). The van der Waals surface area contributed by atoms with Gasteiger partial charge in [-0.3, -0.25) is 4.79 Å². The molecule has 1 aromatic heterocycles. The maximum atomic E-state index is 12.5. The fourth-order valence-electron chi connectivity index (χ4n) is 3.51. The van der Waals surface area contributed by atoms with Crippen LogP contribution in [0.5, 0.6) is 0 Å². The van der Waals surface area contributed by atoms with Gasteiger partial charge in [-0.25, -0.2) is 4.79 Å². The number of carboxylic acid groups (broad SMARTS) is 1. The molecule has 102 valence electrons. The van der Waals surface area contributed by atoms with Crippen molar-refractivity contribution in [1.82, 2.24) is 4.90 Å². The zero-order chi connectivity index (χ0) is 13.4. The van der Waals surface area contributed by atoms with Gasteiger partial charge in [-0.15, -0.1) is 0 Å². The lowest BCUT2D eigenvalue weighted by Gasteiger charge is -2.32. The van der Waals surface area contributed by atoms with E-state index in [1.165, 1.54) is 12.5 Å². The Morgan fingerprint density at radius 2 is 2.11 bits per heavy atom. The molecular weight excluding hydrogens is 246 g/mol. The highest BCUT2D eigenvalue weighted by molar-refractivity contribution is 5.97. The number of carboxylic acids is 1. The number of hydrogen-bond donors (Lipinski definition) is 1. The molecule has 1 aromatic rings. The van der Waals surface area contributed by atoms with Crippen molar-refractivity contribution in [1.29, 1.82) is 0 Å². The molecule has 1 aliphatic heterocycles. The van der Waals surface area contributed by atoms with Crippen LogP contribution in [0.15, 0.2) is 23.0 Å². The summed E-state index contributed by atoms with van der Waals surface area (Å²) in [6.45, 7) is 0. The van der Waals surface area contributed by atoms with E-state index in [2.05, 4.69) is 0 Å². The van der Waals surface area contributed by atoms with E-state index >= 15 is 0 Å². The number of amides is 1. The van der Waals surface area contributed by atoms with E-state index in [9.17, 15) is 14.7 Å². The summed E-state index contributed by atoms with van der Waals surface area (Å²) in [6.07, 6.45) is 7.57. The number of furan rings is 1. The van der Waals surface area contributed by atoms with Crippen molar-refractivity contribution in [2.45, 2.75) is 44.2 Å². The third-order valence-electron chi connectivity index (χ3n) is 4.38. The molecule has 5 nitrogen and oxygen atoms in total. The molecule has 19 heavy (non-hydrogen) atoms.